The van der Waals surface area contributed by atoms with E-state index in [0.717, 1.165) is 12.8 Å². The number of carbonyl (C=O) groups is 2. The van der Waals surface area contributed by atoms with Crippen molar-refractivity contribution < 1.29 is 14.3 Å². The number of rotatable bonds is 5. The lowest BCUT2D eigenvalue weighted by molar-refractivity contribution is -0.125. The van der Waals surface area contributed by atoms with E-state index in [4.69, 9.17) is 4.74 Å². The SMILES string of the molecule is COc1cccc(NC(=O)CNC(=O)C2CC2)c1. The number of ether oxygens (including phenoxy) is 1. The molecule has 0 heterocycles. The summed E-state index contributed by atoms with van der Waals surface area (Å²) in [5.41, 5.74) is 0.653. The Morgan fingerprint density at radius 2 is 2.17 bits per heavy atom. The normalized spacial score (nSPS) is 13.8. The van der Waals surface area contributed by atoms with Gasteiger partial charge < -0.3 is 15.4 Å². The minimum absolute atomic E-state index is 0.00649. The van der Waals surface area contributed by atoms with E-state index in [0.29, 0.717) is 11.4 Å². The van der Waals surface area contributed by atoms with Crippen molar-refractivity contribution in [2.24, 2.45) is 5.92 Å². The topological polar surface area (TPSA) is 67.4 Å². The van der Waals surface area contributed by atoms with E-state index >= 15 is 0 Å². The van der Waals surface area contributed by atoms with Gasteiger partial charge in [0.05, 0.1) is 13.7 Å². The third kappa shape index (κ3) is 3.48. The summed E-state index contributed by atoms with van der Waals surface area (Å²) in [6.07, 6.45) is 1.87. The van der Waals surface area contributed by atoms with Crippen molar-refractivity contribution in [1.29, 1.82) is 0 Å². The number of hydrogen-bond donors (Lipinski definition) is 2. The van der Waals surface area contributed by atoms with Crippen LogP contribution in [0.25, 0.3) is 0 Å². The molecule has 2 amide bonds. The van der Waals surface area contributed by atoms with Crippen LogP contribution in [0.5, 0.6) is 5.75 Å². The van der Waals surface area contributed by atoms with Gasteiger partial charge >= 0.3 is 0 Å². The van der Waals surface area contributed by atoms with Crippen molar-refractivity contribution >= 4 is 17.5 Å². The van der Waals surface area contributed by atoms with Crippen LogP contribution in [0.3, 0.4) is 0 Å². The predicted octanol–water partition coefficient (Wildman–Crippen LogP) is 1.16. The number of anilines is 1. The number of benzene rings is 1. The molecule has 1 aromatic carbocycles. The fraction of sp³-hybridized carbons (Fsp3) is 0.385. The van der Waals surface area contributed by atoms with Crippen molar-refractivity contribution in [3.8, 4) is 5.75 Å². The third-order valence-corrected chi connectivity index (χ3v) is 2.72. The average molecular weight is 248 g/mol. The van der Waals surface area contributed by atoms with Gasteiger partial charge in [0.2, 0.25) is 11.8 Å². The van der Waals surface area contributed by atoms with Gasteiger partial charge in [0.25, 0.3) is 0 Å². The molecular weight excluding hydrogens is 232 g/mol. The van der Waals surface area contributed by atoms with Crippen LogP contribution in [-0.4, -0.2) is 25.5 Å². The van der Waals surface area contributed by atoms with Gasteiger partial charge in [0.1, 0.15) is 5.75 Å². The fourth-order valence-corrected chi connectivity index (χ4v) is 1.56. The maximum atomic E-state index is 11.6. The van der Waals surface area contributed by atoms with E-state index in [1.54, 1.807) is 31.4 Å². The smallest absolute Gasteiger partial charge is 0.243 e. The van der Waals surface area contributed by atoms with Crippen molar-refractivity contribution in [3.05, 3.63) is 24.3 Å². The van der Waals surface area contributed by atoms with E-state index in [1.165, 1.54) is 0 Å². The number of methoxy groups -OCH3 is 1. The van der Waals surface area contributed by atoms with Crippen LogP contribution in [0.2, 0.25) is 0 Å². The summed E-state index contributed by atoms with van der Waals surface area (Å²) in [4.78, 5) is 22.9. The molecule has 1 aromatic rings. The molecule has 5 nitrogen and oxygen atoms in total. The Bertz CT molecular complexity index is 455. The van der Waals surface area contributed by atoms with Crippen molar-refractivity contribution in [1.82, 2.24) is 5.32 Å². The van der Waals surface area contributed by atoms with E-state index in [2.05, 4.69) is 10.6 Å². The van der Waals surface area contributed by atoms with Gasteiger partial charge in [-0.05, 0) is 25.0 Å². The minimum Gasteiger partial charge on any atom is -0.497 e. The highest BCUT2D eigenvalue weighted by molar-refractivity contribution is 5.95. The van der Waals surface area contributed by atoms with Gasteiger partial charge in [-0.25, -0.2) is 0 Å². The minimum atomic E-state index is -0.239. The zero-order chi connectivity index (χ0) is 13.0. The first kappa shape index (κ1) is 12.4. The lowest BCUT2D eigenvalue weighted by Crippen LogP contribution is -2.33. The summed E-state index contributed by atoms with van der Waals surface area (Å²) in [5.74, 6) is 0.525. The van der Waals surface area contributed by atoms with Crippen LogP contribution < -0.4 is 15.4 Å². The van der Waals surface area contributed by atoms with Gasteiger partial charge in [-0.15, -0.1) is 0 Å². The highest BCUT2D eigenvalue weighted by Crippen LogP contribution is 2.28. The van der Waals surface area contributed by atoms with Crippen LogP contribution in [0, 0.1) is 5.92 Å². The zero-order valence-corrected chi connectivity index (χ0v) is 10.2. The molecule has 0 unspecified atom stereocenters. The van der Waals surface area contributed by atoms with Crippen molar-refractivity contribution in [2.45, 2.75) is 12.8 Å². The first-order chi connectivity index (χ1) is 8.69. The Kier molecular flexibility index (Phi) is 3.82. The molecule has 0 saturated heterocycles. The maximum Gasteiger partial charge on any atom is 0.243 e. The Balaban J connectivity index is 1.80. The van der Waals surface area contributed by atoms with Crippen LogP contribution >= 0.6 is 0 Å². The lowest BCUT2D eigenvalue weighted by Gasteiger charge is -2.07. The van der Waals surface area contributed by atoms with Crippen LogP contribution in [0.1, 0.15) is 12.8 Å². The summed E-state index contributed by atoms with van der Waals surface area (Å²) in [6, 6.07) is 7.07. The Labute approximate surface area is 106 Å². The largest absolute Gasteiger partial charge is 0.497 e. The van der Waals surface area contributed by atoms with Crippen LogP contribution in [-0.2, 0) is 9.59 Å². The molecular formula is C13H16N2O3. The summed E-state index contributed by atoms with van der Waals surface area (Å²) in [5, 5.41) is 5.31. The molecule has 1 aliphatic rings. The Hall–Kier alpha value is -2.04. The van der Waals surface area contributed by atoms with Crippen LogP contribution in [0.4, 0.5) is 5.69 Å². The molecule has 2 rings (SSSR count). The van der Waals surface area contributed by atoms with Gasteiger partial charge in [-0.1, -0.05) is 6.07 Å². The molecule has 1 fully saturated rings. The summed E-state index contributed by atoms with van der Waals surface area (Å²) in [7, 11) is 1.57. The molecule has 0 spiro atoms. The summed E-state index contributed by atoms with van der Waals surface area (Å²) in [6.45, 7) is 0.00649. The monoisotopic (exact) mass is 248 g/mol. The highest BCUT2D eigenvalue weighted by Gasteiger charge is 2.29. The second-order valence-electron chi connectivity index (χ2n) is 4.27. The number of hydrogen-bond acceptors (Lipinski definition) is 3. The molecule has 1 aliphatic carbocycles. The second kappa shape index (κ2) is 5.53. The van der Waals surface area contributed by atoms with E-state index < -0.39 is 0 Å². The van der Waals surface area contributed by atoms with E-state index in [-0.39, 0.29) is 24.3 Å². The van der Waals surface area contributed by atoms with Gasteiger partial charge in [0, 0.05) is 17.7 Å². The molecule has 5 heteroatoms. The van der Waals surface area contributed by atoms with Crippen LogP contribution in [0.15, 0.2) is 24.3 Å². The first-order valence-corrected chi connectivity index (χ1v) is 5.90. The molecule has 0 aromatic heterocycles. The lowest BCUT2D eigenvalue weighted by atomic mass is 10.3. The van der Waals surface area contributed by atoms with E-state index in [9.17, 15) is 9.59 Å². The second-order valence-corrected chi connectivity index (χ2v) is 4.27. The maximum absolute atomic E-state index is 11.6. The summed E-state index contributed by atoms with van der Waals surface area (Å²) >= 11 is 0. The zero-order valence-electron chi connectivity index (χ0n) is 10.2. The quantitative estimate of drug-likeness (QED) is 0.821. The van der Waals surface area contributed by atoms with Crippen molar-refractivity contribution in [3.63, 3.8) is 0 Å². The number of amides is 2. The van der Waals surface area contributed by atoms with Gasteiger partial charge in [-0.3, -0.25) is 9.59 Å². The predicted molar refractivity (Wildman–Crippen MR) is 67.4 cm³/mol. The standard InChI is InChI=1S/C13H16N2O3/c1-18-11-4-2-3-10(7-11)15-12(16)8-14-13(17)9-5-6-9/h2-4,7,9H,5-6,8H2,1H3,(H,14,17)(H,15,16). The molecule has 1 saturated carbocycles. The molecule has 96 valence electrons. The van der Waals surface area contributed by atoms with Gasteiger partial charge in [-0.2, -0.15) is 0 Å². The molecule has 0 radical (unpaired) electrons. The van der Waals surface area contributed by atoms with Crippen molar-refractivity contribution in [2.75, 3.05) is 19.0 Å². The molecule has 0 aliphatic heterocycles. The first-order valence-electron chi connectivity index (χ1n) is 5.90. The molecule has 2 N–H and O–H groups in total. The Morgan fingerprint density at radius 1 is 1.39 bits per heavy atom. The molecule has 0 atom stereocenters. The van der Waals surface area contributed by atoms with Gasteiger partial charge in [0.15, 0.2) is 0 Å². The highest BCUT2D eigenvalue weighted by atomic mass is 16.5. The molecule has 18 heavy (non-hydrogen) atoms. The Morgan fingerprint density at radius 3 is 2.83 bits per heavy atom. The third-order valence-electron chi connectivity index (χ3n) is 2.72. The molecule has 0 bridgehead atoms. The van der Waals surface area contributed by atoms with E-state index in [1.807, 2.05) is 0 Å². The average Bonchev–Trinajstić information content (AvgIpc) is 3.20. The summed E-state index contributed by atoms with van der Waals surface area (Å²) < 4.78 is 5.05. The number of carbonyl (C=O) groups excluding carboxylic acids is 2. The number of nitrogens with one attached hydrogen (secondary N) is 2. The fourth-order valence-electron chi connectivity index (χ4n) is 1.56.